The number of ether oxygens (including phenoxy) is 2. The largest absolute Gasteiger partial charge is 0.379 e. The van der Waals surface area contributed by atoms with Crippen LogP contribution in [0.25, 0.3) is 0 Å². The average Bonchev–Trinajstić information content (AvgIpc) is 2.61. The number of amides is 1. The molecule has 2 rings (SSSR count). The number of hydrogen-bond acceptors (Lipinski definition) is 4. The van der Waals surface area contributed by atoms with Gasteiger partial charge in [-0.25, -0.2) is 0 Å². The maximum absolute atomic E-state index is 12.1. The minimum atomic E-state index is -0.558. The van der Waals surface area contributed by atoms with Gasteiger partial charge in [0.15, 0.2) is 0 Å². The van der Waals surface area contributed by atoms with Crippen LogP contribution in [0.15, 0.2) is 58.3 Å². The third-order valence-corrected chi connectivity index (χ3v) is 4.85. The molecule has 6 heteroatoms. The molecule has 1 N–H and O–H groups in total. The van der Waals surface area contributed by atoms with Crippen LogP contribution in [-0.2, 0) is 14.3 Å². The Hall–Kier alpha value is -1.53. The van der Waals surface area contributed by atoms with Gasteiger partial charge in [0.25, 0.3) is 5.91 Å². The fraction of sp³-hybridized carbons (Fsp3) is 0.316. The molecule has 1 amide bonds. The Bertz CT molecular complexity index is 682. The van der Waals surface area contributed by atoms with E-state index in [-0.39, 0.29) is 5.91 Å². The fourth-order valence-electron chi connectivity index (χ4n) is 2.02. The normalized spacial score (nSPS) is 12.0. The van der Waals surface area contributed by atoms with E-state index in [0.29, 0.717) is 30.5 Å². The first-order valence-corrected chi connectivity index (χ1v) is 9.32. The lowest BCUT2D eigenvalue weighted by atomic mass is 10.3. The van der Waals surface area contributed by atoms with Crippen molar-refractivity contribution >= 4 is 35.0 Å². The lowest BCUT2D eigenvalue weighted by Crippen LogP contribution is -2.28. The van der Waals surface area contributed by atoms with Gasteiger partial charge in [0.2, 0.25) is 0 Å². The average molecular weight is 380 g/mol. The zero-order valence-electron chi connectivity index (χ0n) is 14.3. The van der Waals surface area contributed by atoms with Crippen molar-refractivity contribution in [1.29, 1.82) is 0 Å². The molecule has 0 heterocycles. The van der Waals surface area contributed by atoms with Gasteiger partial charge in [0, 0.05) is 22.1 Å². The third-order valence-electron chi connectivity index (χ3n) is 3.34. The molecule has 134 valence electrons. The second-order valence-electron chi connectivity index (χ2n) is 5.26. The molecule has 0 bridgehead atoms. The van der Waals surface area contributed by atoms with E-state index in [0.717, 1.165) is 9.79 Å². The highest BCUT2D eigenvalue weighted by Gasteiger charge is 2.14. The number of halogens is 1. The van der Waals surface area contributed by atoms with Gasteiger partial charge >= 0.3 is 0 Å². The van der Waals surface area contributed by atoms with Crippen molar-refractivity contribution in [3.05, 3.63) is 53.6 Å². The molecule has 0 radical (unpaired) electrons. The zero-order chi connectivity index (χ0) is 18.1. The second-order valence-corrected chi connectivity index (χ2v) is 6.78. The van der Waals surface area contributed by atoms with E-state index < -0.39 is 6.10 Å². The summed E-state index contributed by atoms with van der Waals surface area (Å²) < 4.78 is 10.6. The van der Waals surface area contributed by atoms with Gasteiger partial charge in [-0.1, -0.05) is 41.6 Å². The molecule has 2 aromatic rings. The summed E-state index contributed by atoms with van der Waals surface area (Å²) >= 11 is 7.92. The molecule has 0 saturated carbocycles. The highest BCUT2D eigenvalue weighted by molar-refractivity contribution is 7.99. The van der Waals surface area contributed by atoms with E-state index in [2.05, 4.69) is 5.32 Å². The van der Waals surface area contributed by atoms with Crippen LogP contribution in [0.3, 0.4) is 0 Å². The topological polar surface area (TPSA) is 47.6 Å². The Morgan fingerprint density at radius 2 is 1.96 bits per heavy atom. The number of carbonyl (C=O) groups is 1. The van der Waals surface area contributed by atoms with E-state index in [1.807, 2.05) is 49.4 Å². The molecule has 2 aromatic carbocycles. The molecule has 4 nitrogen and oxygen atoms in total. The molecule has 0 saturated heterocycles. The predicted molar refractivity (Wildman–Crippen MR) is 103 cm³/mol. The Balaban J connectivity index is 1.90. The number of benzene rings is 2. The van der Waals surface area contributed by atoms with Crippen molar-refractivity contribution in [3.63, 3.8) is 0 Å². The summed E-state index contributed by atoms with van der Waals surface area (Å²) in [5, 5.41) is 3.41. The first-order chi connectivity index (χ1) is 12.1. The molecule has 25 heavy (non-hydrogen) atoms. The number of rotatable bonds is 9. The molecule has 0 aliphatic heterocycles. The highest BCUT2D eigenvalue weighted by atomic mass is 35.5. The van der Waals surface area contributed by atoms with Crippen LogP contribution in [-0.4, -0.2) is 31.8 Å². The van der Waals surface area contributed by atoms with Gasteiger partial charge in [-0.15, -0.1) is 0 Å². The first kappa shape index (κ1) is 19.8. The van der Waals surface area contributed by atoms with Crippen molar-refractivity contribution in [1.82, 2.24) is 0 Å². The summed E-state index contributed by atoms with van der Waals surface area (Å²) in [6, 6.07) is 15.5. The van der Waals surface area contributed by atoms with Crippen LogP contribution in [0.4, 0.5) is 5.69 Å². The SMILES string of the molecule is CCOCCO[C@@H](C)C(=O)Nc1ccc(Sc2ccccc2)c(Cl)c1. The molecular formula is C19H22ClNO3S. The quantitative estimate of drug-likeness (QED) is 0.631. The molecule has 0 aromatic heterocycles. The number of nitrogens with one attached hydrogen (secondary N) is 1. The van der Waals surface area contributed by atoms with Crippen molar-refractivity contribution in [2.75, 3.05) is 25.1 Å². The van der Waals surface area contributed by atoms with E-state index in [4.69, 9.17) is 21.1 Å². The second kappa shape index (κ2) is 10.5. The van der Waals surface area contributed by atoms with Crippen LogP contribution in [0.1, 0.15) is 13.8 Å². The Morgan fingerprint density at radius 1 is 1.20 bits per heavy atom. The Kier molecular flexibility index (Phi) is 8.28. The monoisotopic (exact) mass is 379 g/mol. The first-order valence-electron chi connectivity index (χ1n) is 8.12. The van der Waals surface area contributed by atoms with Crippen LogP contribution < -0.4 is 5.32 Å². The molecule has 0 unspecified atom stereocenters. The minimum absolute atomic E-state index is 0.212. The van der Waals surface area contributed by atoms with Crippen LogP contribution >= 0.6 is 23.4 Å². The van der Waals surface area contributed by atoms with Gasteiger partial charge < -0.3 is 14.8 Å². The van der Waals surface area contributed by atoms with Gasteiger partial charge in [0.1, 0.15) is 6.10 Å². The maximum atomic E-state index is 12.1. The molecule has 0 fully saturated rings. The van der Waals surface area contributed by atoms with Crippen LogP contribution in [0, 0.1) is 0 Å². The van der Waals surface area contributed by atoms with Crippen LogP contribution in [0.2, 0.25) is 5.02 Å². The summed E-state index contributed by atoms with van der Waals surface area (Å²) in [7, 11) is 0. The number of carbonyl (C=O) groups excluding carboxylic acids is 1. The van der Waals surface area contributed by atoms with Gasteiger partial charge in [-0.2, -0.15) is 0 Å². The van der Waals surface area contributed by atoms with Gasteiger partial charge in [0.05, 0.1) is 18.2 Å². The molecule has 0 aliphatic carbocycles. The molecular weight excluding hydrogens is 358 g/mol. The highest BCUT2D eigenvalue weighted by Crippen LogP contribution is 2.34. The lowest BCUT2D eigenvalue weighted by molar-refractivity contribution is -0.127. The van der Waals surface area contributed by atoms with Crippen molar-refractivity contribution in [3.8, 4) is 0 Å². The summed E-state index contributed by atoms with van der Waals surface area (Å²) in [4.78, 5) is 14.2. The number of anilines is 1. The van der Waals surface area contributed by atoms with Crippen molar-refractivity contribution in [2.45, 2.75) is 29.7 Å². The van der Waals surface area contributed by atoms with E-state index in [1.54, 1.807) is 24.8 Å². The molecule has 0 spiro atoms. The zero-order valence-corrected chi connectivity index (χ0v) is 15.9. The summed E-state index contributed by atoms with van der Waals surface area (Å²) in [6.45, 7) is 5.12. The molecule has 0 aliphatic rings. The number of hydrogen-bond donors (Lipinski definition) is 1. The van der Waals surface area contributed by atoms with Crippen molar-refractivity contribution in [2.24, 2.45) is 0 Å². The minimum Gasteiger partial charge on any atom is -0.379 e. The summed E-state index contributed by atoms with van der Waals surface area (Å²) in [5.74, 6) is -0.212. The fourth-order valence-corrected chi connectivity index (χ4v) is 3.16. The lowest BCUT2D eigenvalue weighted by Gasteiger charge is -2.14. The van der Waals surface area contributed by atoms with E-state index in [9.17, 15) is 4.79 Å². The van der Waals surface area contributed by atoms with Crippen LogP contribution in [0.5, 0.6) is 0 Å². The Labute approximate surface area is 157 Å². The third kappa shape index (κ3) is 6.71. The smallest absolute Gasteiger partial charge is 0.253 e. The molecule has 1 atom stereocenters. The van der Waals surface area contributed by atoms with Gasteiger partial charge in [-0.05, 0) is 44.2 Å². The van der Waals surface area contributed by atoms with E-state index in [1.165, 1.54) is 0 Å². The maximum Gasteiger partial charge on any atom is 0.253 e. The van der Waals surface area contributed by atoms with Crippen molar-refractivity contribution < 1.29 is 14.3 Å². The standard InChI is InChI=1S/C19H22ClNO3S/c1-3-23-11-12-24-14(2)19(22)21-15-9-10-18(17(20)13-15)25-16-7-5-4-6-8-16/h4-10,13-14H,3,11-12H2,1-2H3,(H,21,22)/t14-/m0/s1. The summed E-state index contributed by atoms with van der Waals surface area (Å²) in [6.07, 6.45) is -0.558. The van der Waals surface area contributed by atoms with Gasteiger partial charge in [-0.3, -0.25) is 4.79 Å². The summed E-state index contributed by atoms with van der Waals surface area (Å²) in [5.41, 5.74) is 0.646. The van der Waals surface area contributed by atoms with E-state index >= 15 is 0 Å². The Morgan fingerprint density at radius 3 is 2.64 bits per heavy atom. The predicted octanol–water partition coefficient (Wildman–Crippen LogP) is 4.87.